The van der Waals surface area contributed by atoms with Gasteiger partial charge in [0.2, 0.25) is 0 Å². The molecule has 0 bridgehead atoms. The highest BCUT2D eigenvalue weighted by molar-refractivity contribution is 7.15. The first-order valence-electron chi connectivity index (χ1n) is 10.1. The fraction of sp³-hybridized carbons (Fsp3) is 0.304. The van der Waals surface area contributed by atoms with Crippen molar-refractivity contribution in [2.75, 3.05) is 19.6 Å². The van der Waals surface area contributed by atoms with E-state index >= 15 is 0 Å². The van der Waals surface area contributed by atoms with Gasteiger partial charge in [-0.25, -0.2) is 13.8 Å². The second-order valence-electron chi connectivity index (χ2n) is 7.73. The number of fused-ring (bicyclic) bond motifs is 1. The van der Waals surface area contributed by atoms with Crippen molar-refractivity contribution in [3.05, 3.63) is 70.9 Å². The summed E-state index contributed by atoms with van der Waals surface area (Å²) in [4.78, 5) is 8.32. The van der Waals surface area contributed by atoms with Crippen LogP contribution >= 0.6 is 11.3 Å². The summed E-state index contributed by atoms with van der Waals surface area (Å²) >= 11 is 1.70. The number of aromatic nitrogens is 2. The zero-order chi connectivity index (χ0) is 20.5. The highest BCUT2D eigenvalue weighted by atomic mass is 32.1. The van der Waals surface area contributed by atoms with Crippen molar-refractivity contribution in [3.8, 4) is 10.6 Å². The molecule has 0 spiro atoms. The van der Waals surface area contributed by atoms with Crippen molar-refractivity contribution >= 4 is 22.3 Å². The molecule has 4 nitrogen and oxygen atoms in total. The summed E-state index contributed by atoms with van der Waals surface area (Å²) in [6.07, 6.45) is 4.89. The first-order valence-corrected chi connectivity index (χ1v) is 11.0. The molecule has 1 atom stereocenters. The molecule has 154 valence electrons. The summed E-state index contributed by atoms with van der Waals surface area (Å²) in [5, 5.41) is 5.95. The van der Waals surface area contributed by atoms with Crippen molar-refractivity contribution < 1.29 is 13.3 Å². The second-order valence-corrected chi connectivity index (χ2v) is 8.80. The quantitative estimate of drug-likeness (QED) is 0.400. The van der Waals surface area contributed by atoms with Gasteiger partial charge < -0.3 is 9.42 Å². The Morgan fingerprint density at radius 2 is 1.93 bits per heavy atom. The van der Waals surface area contributed by atoms with Crippen molar-refractivity contribution in [2.24, 2.45) is 0 Å². The summed E-state index contributed by atoms with van der Waals surface area (Å²) in [5.41, 5.74) is 2.36. The Kier molecular flexibility index (Phi) is 5.31. The van der Waals surface area contributed by atoms with Gasteiger partial charge in [0.05, 0.1) is 5.69 Å². The van der Waals surface area contributed by atoms with Crippen LogP contribution in [0, 0.1) is 11.6 Å². The molecule has 7 heteroatoms. The van der Waals surface area contributed by atoms with Gasteiger partial charge in [0.15, 0.2) is 5.58 Å². The third-order valence-electron chi connectivity index (χ3n) is 5.69. The molecule has 0 aliphatic carbocycles. The number of hydrogen-bond acceptors (Lipinski definition) is 5. The highest BCUT2D eigenvalue weighted by Gasteiger charge is 2.25. The number of likely N-dealkylation sites (tertiary alicyclic amines) is 1. The van der Waals surface area contributed by atoms with Gasteiger partial charge in [-0.15, -0.1) is 11.3 Å². The molecular weight excluding hydrogens is 404 g/mol. The van der Waals surface area contributed by atoms with Gasteiger partial charge in [-0.2, -0.15) is 0 Å². The van der Waals surface area contributed by atoms with E-state index < -0.39 is 0 Å². The first-order chi connectivity index (χ1) is 14.7. The summed E-state index contributed by atoms with van der Waals surface area (Å²) in [5.74, 6) is -0.0424. The molecule has 1 unspecified atom stereocenters. The monoisotopic (exact) mass is 425 g/mol. The summed E-state index contributed by atoms with van der Waals surface area (Å²) in [7, 11) is 0. The number of nitrogens with zero attached hydrogens (tertiary/aromatic N) is 3. The molecule has 1 fully saturated rings. The summed E-state index contributed by atoms with van der Waals surface area (Å²) < 4.78 is 31.7. The molecular formula is C23H21F2N3OS. The zero-order valence-electron chi connectivity index (χ0n) is 16.4. The van der Waals surface area contributed by atoms with E-state index in [1.54, 1.807) is 29.5 Å². The molecule has 1 aliphatic heterocycles. The van der Waals surface area contributed by atoms with Crippen LogP contribution in [0.2, 0.25) is 0 Å². The van der Waals surface area contributed by atoms with E-state index in [2.05, 4.69) is 15.0 Å². The number of halogens is 2. The van der Waals surface area contributed by atoms with Gasteiger partial charge in [-0.05, 0) is 68.8 Å². The molecule has 0 saturated carbocycles. The summed E-state index contributed by atoms with van der Waals surface area (Å²) in [6, 6.07) is 11.1. The Labute approximate surface area is 177 Å². The van der Waals surface area contributed by atoms with E-state index in [0.29, 0.717) is 11.5 Å². The van der Waals surface area contributed by atoms with Crippen LogP contribution < -0.4 is 0 Å². The van der Waals surface area contributed by atoms with Crippen LogP contribution in [0.1, 0.15) is 29.3 Å². The average Bonchev–Trinajstić information content (AvgIpc) is 3.48. The summed E-state index contributed by atoms with van der Waals surface area (Å²) in [6.45, 7) is 3.09. The standard InChI is InChI=1S/C23H21F2N3OS/c24-17-5-3-15(4-6-17)23-26-13-22(30-23)16-9-11-28(14-16)10-1-2-20-19-8-7-18(25)12-21(19)29-27-20/h3-8,12-13,16H,1-2,9-11,14H2. The lowest BCUT2D eigenvalue weighted by molar-refractivity contribution is 0.328. The van der Waals surface area contributed by atoms with E-state index in [0.717, 1.165) is 60.5 Å². The molecule has 0 N–H and O–H groups in total. The lowest BCUT2D eigenvalue weighted by Crippen LogP contribution is -2.22. The molecule has 3 heterocycles. The average molecular weight is 426 g/mol. The predicted octanol–water partition coefficient (Wildman–Crippen LogP) is 5.65. The maximum atomic E-state index is 13.3. The Hall–Kier alpha value is -2.64. The maximum Gasteiger partial charge on any atom is 0.170 e. The Bertz CT molecular complexity index is 1150. The van der Waals surface area contributed by atoms with E-state index in [1.165, 1.54) is 29.1 Å². The van der Waals surface area contributed by atoms with Crippen molar-refractivity contribution in [1.29, 1.82) is 0 Å². The van der Waals surface area contributed by atoms with Crippen LogP contribution in [0.5, 0.6) is 0 Å². The van der Waals surface area contributed by atoms with Crippen molar-refractivity contribution in [3.63, 3.8) is 0 Å². The number of aryl methyl sites for hydroxylation is 1. The maximum absolute atomic E-state index is 13.3. The highest BCUT2D eigenvalue weighted by Crippen LogP contribution is 2.34. The van der Waals surface area contributed by atoms with Crippen LogP contribution in [0.3, 0.4) is 0 Å². The molecule has 30 heavy (non-hydrogen) atoms. The molecule has 5 rings (SSSR count). The van der Waals surface area contributed by atoms with Crippen LogP contribution in [-0.2, 0) is 6.42 Å². The van der Waals surface area contributed by atoms with Gasteiger partial charge in [0.25, 0.3) is 0 Å². The minimum atomic E-state index is -0.307. The molecule has 0 amide bonds. The lowest BCUT2D eigenvalue weighted by atomic mass is 10.1. The van der Waals surface area contributed by atoms with Gasteiger partial charge >= 0.3 is 0 Å². The van der Waals surface area contributed by atoms with Crippen LogP contribution in [-0.4, -0.2) is 34.7 Å². The molecule has 2 aromatic heterocycles. The van der Waals surface area contributed by atoms with Gasteiger partial charge in [0, 0.05) is 40.6 Å². The normalized spacial score (nSPS) is 17.2. The minimum Gasteiger partial charge on any atom is -0.356 e. The molecule has 4 aromatic rings. The third-order valence-corrected chi connectivity index (χ3v) is 6.90. The molecule has 1 aliphatic rings. The predicted molar refractivity (Wildman–Crippen MR) is 114 cm³/mol. The molecule has 2 aromatic carbocycles. The molecule has 1 saturated heterocycles. The van der Waals surface area contributed by atoms with E-state index in [1.807, 2.05) is 6.20 Å². The van der Waals surface area contributed by atoms with Crippen molar-refractivity contribution in [1.82, 2.24) is 15.0 Å². The zero-order valence-corrected chi connectivity index (χ0v) is 17.2. The topological polar surface area (TPSA) is 42.2 Å². The Balaban J connectivity index is 1.16. The number of benzene rings is 2. The van der Waals surface area contributed by atoms with Gasteiger partial charge in [0.1, 0.15) is 16.6 Å². The lowest BCUT2D eigenvalue weighted by Gasteiger charge is -2.14. The Morgan fingerprint density at radius 3 is 2.80 bits per heavy atom. The van der Waals surface area contributed by atoms with Gasteiger partial charge in [-0.3, -0.25) is 0 Å². The van der Waals surface area contributed by atoms with Gasteiger partial charge in [-0.1, -0.05) is 5.16 Å². The third kappa shape index (κ3) is 4.00. The van der Waals surface area contributed by atoms with E-state index in [-0.39, 0.29) is 11.6 Å². The first kappa shape index (κ1) is 19.3. The smallest absolute Gasteiger partial charge is 0.170 e. The fourth-order valence-corrected chi connectivity index (χ4v) is 5.13. The van der Waals surface area contributed by atoms with E-state index in [4.69, 9.17) is 4.52 Å². The van der Waals surface area contributed by atoms with Crippen molar-refractivity contribution in [2.45, 2.75) is 25.2 Å². The van der Waals surface area contributed by atoms with Crippen LogP contribution in [0.25, 0.3) is 21.5 Å². The largest absolute Gasteiger partial charge is 0.356 e. The van der Waals surface area contributed by atoms with Crippen LogP contribution in [0.15, 0.2) is 53.2 Å². The number of rotatable bonds is 6. The van der Waals surface area contributed by atoms with Crippen LogP contribution in [0.4, 0.5) is 8.78 Å². The number of hydrogen-bond donors (Lipinski definition) is 0. The fourth-order valence-electron chi connectivity index (χ4n) is 4.08. The second kappa shape index (κ2) is 8.24. The molecule has 0 radical (unpaired) electrons. The number of thiazole rings is 1. The SMILES string of the molecule is Fc1ccc(-c2ncc(C3CCN(CCCc4noc5cc(F)ccc45)C3)s2)cc1. The van der Waals surface area contributed by atoms with E-state index in [9.17, 15) is 8.78 Å². The minimum absolute atomic E-state index is 0.229. The Morgan fingerprint density at radius 1 is 1.10 bits per heavy atom.